The van der Waals surface area contributed by atoms with E-state index in [1.54, 1.807) is 13.8 Å². The van der Waals surface area contributed by atoms with Gasteiger partial charge in [0, 0.05) is 12.1 Å². The van der Waals surface area contributed by atoms with Crippen LogP contribution >= 0.6 is 0 Å². The van der Waals surface area contributed by atoms with Crippen LogP contribution in [-0.2, 0) is 0 Å². The number of nitrogens with two attached hydrogens (primary N) is 1. The molecule has 0 saturated carbocycles. The van der Waals surface area contributed by atoms with Crippen LogP contribution in [0.1, 0.15) is 25.3 Å². The fourth-order valence-electron chi connectivity index (χ4n) is 1.88. The van der Waals surface area contributed by atoms with Gasteiger partial charge in [0.15, 0.2) is 0 Å². The maximum atomic E-state index is 12.6. The summed E-state index contributed by atoms with van der Waals surface area (Å²) in [6.07, 6.45) is -3.26. The normalized spacial score (nSPS) is 11.8. The van der Waals surface area contributed by atoms with Crippen molar-refractivity contribution in [3.8, 4) is 0 Å². The minimum Gasteiger partial charge on any atom is -0.395 e. The molecule has 4 N–H and O–H groups in total. The van der Waals surface area contributed by atoms with Crippen LogP contribution in [0.25, 0.3) is 0 Å². The molecule has 1 rings (SSSR count). The second-order valence-corrected chi connectivity index (χ2v) is 4.52. The van der Waals surface area contributed by atoms with Crippen molar-refractivity contribution < 1.29 is 18.3 Å². The zero-order valence-electron chi connectivity index (χ0n) is 11.3. The Morgan fingerprint density at radius 3 is 2.50 bits per heavy atom. The lowest BCUT2D eigenvalue weighted by atomic mass is 10.0. The van der Waals surface area contributed by atoms with Gasteiger partial charge in [0.1, 0.15) is 24.5 Å². The van der Waals surface area contributed by atoms with Crippen molar-refractivity contribution >= 4 is 11.6 Å². The number of halogens is 3. The van der Waals surface area contributed by atoms with E-state index in [0.717, 1.165) is 11.2 Å². The quantitative estimate of drug-likeness (QED) is 0.540. The Kier molecular flexibility index (Phi) is 5.52. The molecule has 0 aliphatic heterocycles. The van der Waals surface area contributed by atoms with Gasteiger partial charge in [-0.2, -0.15) is 13.2 Å². The highest BCUT2D eigenvalue weighted by Gasteiger charge is 2.32. The van der Waals surface area contributed by atoms with Crippen LogP contribution < -0.4 is 16.2 Å². The Morgan fingerprint density at radius 2 is 2.05 bits per heavy atom. The Bertz CT molecular complexity index is 439. The second-order valence-electron chi connectivity index (χ2n) is 4.52. The second kappa shape index (κ2) is 6.71. The molecule has 0 amide bonds. The molecule has 0 fully saturated rings. The predicted octanol–water partition coefficient (Wildman–Crippen LogP) is 1.25. The van der Waals surface area contributed by atoms with E-state index < -0.39 is 19.3 Å². The topological polar surface area (TPSA) is 87.3 Å². The molecule has 1 aromatic rings. The minimum atomic E-state index is -4.40. The predicted molar refractivity (Wildman–Crippen MR) is 69.3 cm³/mol. The molecule has 1 heterocycles. The number of anilines is 2. The summed E-state index contributed by atoms with van der Waals surface area (Å²) >= 11 is 0. The number of aromatic nitrogens is 2. The lowest BCUT2D eigenvalue weighted by Crippen LogP contribution is -2.37. The van der Waals surface area contributed by atoms with Crippen LogP contribution in [0.3, 0.4) is 0 Å². The Labute approximate surface area is 114 Å². The number of alkyl halides is 3. The van der Waals surface area contributed by atoms with Crippen molar-refractivity contribution in [1.82, 2.24) is 9.97 Å². The van der Waals surface area contributed by atoms with Crippen LogP contribution in [0.15, 0.2) is 6.33 Å². The third-order valence-corrected chi connectivity index (χ3v) is 2.62. The van der Waals surface area contributed by atoms with Crippen LogP contribution in [0.5, 0.6) is 0 Å². The highest BCUT2D eigenvalue weighted by Crippen LogP contribution is 2.31. The Hall–Kier alpha value is -1.61. The van der Waals surface area contributed by atoms with Crippen molar-refractivity contribution in [1.29, 1.82) is 0 Å². The average Bonchev–Trinajstić information content (AvgIpc) is 2.35. The summed E-state index contributed by atoms with van der Waals surface area (Å²) in [5.74, 6) is 5.59. The summed E-state index contributed by atoms with van der Waals surface area (Å²) in [6.45, 7) is 1.80. The summed E-state index contributed by atoms with van der Waals surface area (Å²) in [5, 5.41) is 8.96. The van der Waals surface area contributed by atoms with Crippen molar-refractivity contribution in [2.45, 2.75) is 25.9 Å². The monoisotopic (exact) mass is 293 g/mol. The van der Waals surface area contributed by atoms with Gasteiger partial charge in [0.25, 0.3) is 0 Å². The molecule has 0 aliphatic rings. The van der Waals surface area contributed by atoms with Gasteiger partial charge < -0.3 is 15.4 Å². The lowest BCUT2D eigenvalue weighted by Gasteiger charge is -2.27. The molecule has 0 bridgehead atoms. The molecule has 0 atom stereocenters. The molecule has 114 valence electrons. The largest absolute Gasteiger partial charge is 0.405 e. The molecular formula is C11H18F3N5O. The van der Waals surface area contributed by atoms with Crippen LogP contribution in [0.4, 0.5) is 24.8 Å². The number of rotatable bonds is 6. The highest BCUT2D eigenvalue weighted by atomic mass is 19.4. The third kappa shape index (κ3) is 4.20. The van der Waals surface area contributed by atoms with Crippen molar-refractivity contribution in [2.75, 3.05) is 30.0 Å². The maximum absolute atomic E-state index is 12.6. The number of nitrogen functional groups attached to an aromatic ring is 1. The van der Waals surface area contributed by atoms with Crippen molar-refractivity contribution in [2.24, 2.45) is 5.84 Å². The van der Waals surface area contributed by atoms with E-state index >= 15 is 0 Å². The van der Waals surface area contributed by atoms with Gasteiger partial charge in [-0.3, -0.25) is 0 Å². The fraction of sp³-hybridized carbons (Fsp3) is 0.636. The van der Waals surface area contributed by atoms with E-state index in [0.29, 0.717) is 5.56 Å². The number of hydrazine groups is 1. The van der Waals surface area contributed by atoms with Crippen molar-refractivity contribution in [3.63, 3.8) is 0 Å². The van der Waals surface area contributed by atoms with Gasteiger partial charge in [-0.05, 0) is 5.92 Å². The molecular weight excluding hydrogens is 275 g/mol. The number of nitrogens with zero attached hydrogens (tertiary/aromatic N) is 3. The molecule has 0 spiro atoms. The van der Waals surface area contributed by atoms with Gasteiger partial charge in [-0.15, -0.1) is 0 Å². The Balaban J connectivity index is 3.25. The van der Waals surface area contributed by atoms with Crippen LogP contribution in [0.2, 0.25) is 0 Å². The lowest BCUT2D eigenvalue weighted by molar-refractivity contribution is -0.120. The average molecular weight is 293 g/mol. The molecule has 6 nitrogen and oxygen atoms in total. The molecule has 0 saturated heterocycles. The first-order chi connectivity index (χ1) is 9.30. The van der Waals surface area contributed by atoms with Gasteiger partial charge in [0.2, 0.25) is 0 Å². The standard InChI is InChI=1S/C11H18F3N5O/c1-7(2)8-9(18-15)16-6-17-10(8)19(3-4-20)5-11(12,13)14/h6-7,20H,3-5,15H2,1-2H3,(H,16,17,18). The number of aliphatic hydroxyl groups is 1. The summed E-state index contributed by atoms with van der Waals surface area (Å²) in [7, 11) is 0. The minimum absolute atomic E-state index is 0.120. The molecule has 0 radical (unpaired) electrons. The molecule has 0 aromatic carbocycles. The van der Waals surface area contributed by atoms with Crippen LogP contribution in [0, 0.1) is 0 Å². The molecule has 1 aromatic heterocycles. The fourth-order valence-corrected chi connectivity index (χ4v) is 1.88. The summed E-state index contributed by atoms with van der Waals surface area (Å²) in [6, 6.07) is 0. The molecule has 20 heavy (non-hydrogen) atoms. The first-order valence-corrected chi connectivity index (χ1v) is 6.04. The first kappa shape index (κ1) is 16.4. The molecule has 0 aliphatic carbocycles. The third-order valence-electron chi connectivity index (χ3n) is 2.62. The van der Waals surface area contributed by atoms with E-state index in [2.05, 4.69) is 15.4 Å². The van der Waals surface area contributed by atoms with Crippen LogP contribution in [-0.4, -0.2) is 40.9 Å². The van der Waals surface area contributed by atoms with Gasteiger partial charge >= 0.3 is 6.18 Å². The Morgan fingerprint density at radius 1 is 1.40 bits per heavy atom. The van der Waals surface area contributed by atoms with Gasteiger partial charge in [-0.1, -0.05) is 13.8 Å². The maximum Gasteiger partial charge on any atom is 0.405 e. The molecule has 0 unspecified atom stereocenters. The van der Waals surface area contributed by atoms with E-state index in [-0.39, 0.29) is 24.1 Å². The molecule has 9 heteroatoms. The number of hydrogen-bond acceptors (Lipinski definition) is 6. The number of aliphatic hydroxyl groups excluding tert-OH is 1. The highest BCUT2D eigenvalue weighted by molar-refractivity contribution is 5.60. The first-order valence-electron chi connectivity index (χ1n) is 6.04. The SMILES string of the molecule is CC(C)c1c(NN)ncnc1N(CCO)CC(F)(F)F. The van der Waals surface area contributed by atoms with E-state index in [1.807, 2.05) is 0 Å². The zero-order chi connectivity index (χ0) is 15.3. The zero-order valence-corrected chi connectivity index (χ0v) is 11.3. The number of hydrogen-bond donors (Lipinski definition) is 3. The van der Waals surface area contributed by atoms with Gasteiger partial charge in [0.05, 0.1) is 6.61 Å². The smallest absolute Gasteiger partial charge is 0.395 e. The summed E-state index contributed by atoms with van der Waals surface area (Å²) < 4.78 is 37.9. The van der Waals surface area contributed by atoms with Gasteiger partial charge in [-0.25, -0.2) is 15.8 Å². The summed E-state index contributed by atoms with van der Waals surface area (Å²) in [4.78, 5) is 8.79. The van der Waals surface area contributed by atoms with Crippen molar-refractivity contribution in [3.05, 3.63) is 11.9 Å². The van der Waals surface area contributed by atoms with E-state index in [1.165, 1.54) is 0 Å². The van der Waals surface area contributed by atoms with E-state index in [4.69, 9.17) is 10.9 Å². The summed E-state index contributed by atoms with van der Waals surface area (Å²) in [5.41, 5.74) is 2.83. The number of nitrogens with one attached hydrogen (secondary N) is 1. The van der Waals surface area contributed by atoms with E-state index in [9.17, 15) is 13.2 Å².